The molecular weight excluding hydrogens is 392 g/mol. The Hall–Kier alpha value is -2.37. The zero-order valence-corrected chi connectivity index (χ0v) is 17.9. The molecule has 28 heavy (non-hydrogen) atoms. The fraction of sp³-hybridized carbons (Fsp3) is 0.273. The largest absolute Gasteiger partial charge is 0.495 e. The van der Waals surface area contributed by atoms with Crippen molar-refractivity contribution in [2.45, 2.75) is 32.6 Å². The number of nitrogens with zero attached hydrogens (tertiary/aromatic N) is 1. The lowest BCUT2D eigenvalue weighted by Gasteiger charge is -2.21. The van der Waals surface area contributed by atoms with Crippen molar-refractivity contribution in [1.82, 2.24) is 4.98 Å². The quantitative estimate of drug-likeness (QED) is 0.561. The highest BCUT2D eigenvalue weighted by molar-refractivity contribution is 7.13. The van der Waals surface area contributed by atoms with Crippen molar-refractivity contribution in [3.8, 4) is 16.3 Å². The highest BCUT2D eigenvalue weighted by Gasteiger charge is 2.18. The Bertz CT molecular complexity index is 992. The molecule has 6 heteroatoms. The SMILES string of the molecule is COc1ccc(C(C)(C)C)cc1NC(=O)Cc1csc(-c2ccccc2Cl)n1. The van der Waals surface area contributed by atoms with Crippen LogP contribution in [0.1, 0.15) is 32.0 Å². The van der Waals surface area contributed by atoms with Gasteiger partial charge in [0.15, 0.2) is 0 Å². The number of benzene rings is 2. The third-order valence-electron chi connectivity index (χ3n) is 4.34. The molecule has 1 heterocycles. The molecule has 0 bridgehead atoms. The van der Waals surface area contributed by atoms with Crippen LogP contribution in [0.15, 0.2) is 47.8 Å². The number of nitrogens with one attached hydrogen (secondary N) is 1. The van der Waals surface area contributed by atoms with Gasteiger partial charge in [0.1, 0.15) is 10.8 Å². The van der Waals surface area contributed by atoms with E-state index in [2.05, 4.69) is 31.1 Å². The molecule has 0 aliphatic carbocycles. The van der Waals surface area contributed by atoms with Gasteiger partial charge >= 0.3 is 0 Å². The first-order valence-corrected chi connectivity index (χ1v) is 10.2. The van der Waals surface area contributed by atoms with Crippen LogP contribution in [-0.4, -0.2) is 18.0 Å². The molecule has 0 saturated heterocycles. The molecule has 0 aliphatic rings. The van der Waals surface area contributed by atoms with Gasteiger partial charge in [-0.1, -0.05) is 56.6 Å². The fourth-order valence-electron chi connectivity index (χ4n) is 2.78. The summed E-state index contributed by atoms with van der Waals surface area (Å²) in [5.74, 6) is 0.497. The van der Waals surface area contributed by atoms with Gasteiger partial charge in [0.05, 0.1) is 29.9 Å². The van der Waals surface area contributed by atoms with E-state index < -0.39 is 0 Å². The molecule has 3 aromatic rings. The second kappa shape index (κ2) is 8.33. The number of rotatable bonds is 5. The standard InChI is InChI=1S/C22H23ClN2O2S/c1-22(2,3)14-9-10-19(27-4)18(11-14)25-20(26)12-15-13-28-21(24-15)16-7-5-6-8-17(16)23/h5-11,13H,12H2,1-4H3,(H,25,26). The molecule has 0 aliphatic heterocycles. The number of amides is 1. The Balaban J connectivity index is 1.75. The summed E-state index contributed by atoms with van der Waals surface area (Å²) in [6.07, 6.45) is 0.184. The summed E-state index contributed by atoms with van der Waals surface area (Å²) in [6.45, 7) is 6.39. The van der Waals surface area contributed by atoms with Gasteiger partial charge in [-0.25, -0.2) is 4.98 Å². The van der Waals surface area contributed by atoms with Crippen LogP contribution < -0.4 is 10.1 Å². The van der Waals surface area contributed by atoms with Crippen molar-refractivity contribution in [3.05, 3.63) is 64.1 Å². The molecule has 0 saturated carbocycles. The van der Waals surface area contributed by atoms with Gasteiger partial charge in [0.25, 0.3) is 0 Å². The number of methoxy groups -OCH3 is 1. The van der Waals surface area contributed by atoms with Crippen LogP contribution in [0, 0.1) is 0 Å². The molecule has 146 valence electrons. The zero-order chi connectivity index (χ0) is 20.3. The lowest BCUT2D eigenvalue weighted by atomic mass is 9.87. The monoisotopic (exact) mass is 414 g/mol. The van der Waals surface area contributed by atoms with E-state index in [1.165, 1.54) is 11.3 Å². The Morgan fingerprint density at radius 3 is 2.64 bits per heavy atom. The number of ether oxygens (including phenoxy) is 1. The molecule has 1 aromatic heterocycles. The first-order chi connectivity index (χ1) is 13.3. The van der Waals surface area contributed by atoms with Gasteiger partial charge < -0.3 is 10.1 Å². The topological polar surface area (TPSA) is 51.2 Å². The van der Waals surface area contributed by atoms with E-state index in [9.17, 15) is 4.79 Å². The van der Waals surface area contributed by atoms with Gasteiger partial charge in [-0.15, -0.1) is 11.3 Å². The number of halogens is 1. The van der Waals surface area contributed by atoms with Gasteiger partial charge in [-0.3, -0.25) is 4.79 Å². The Morgan fingerprint density at radius 2 is 1.96 bits per heavy atom. The predicted molar refractivity (Wildman–Crippen MR) is 117 cm³/mol. The Kier molecular flexibility index (Phi) is 6.06. The zero-order valence-electron chi connectivity index (χ0n) is 16.4. The first-order valence-electron chi connectivity index (χ1n) is 8.95. The fourth-order valence-corrected chi connectivity index (χ4v) is 3.92. The molecule has 0 atom stereocenters. The molecule has 0 radical (unpaired) electrons. The molecular formula is C22H23ClN2O2S. The summed E-state index contributed by atoms with van der Waals surface area (Å²) in [4.78, 5) is 17.2. The van der Waals surface area contributed by atoms with E-state index in [4.69, 9.17) is 16.3 Å². The Morgan fingerprint density at radius 1 is 1.21 bits per heavy atom. The van der Waals surface area contributed by atoms with Crippen LogP contribution in [0.3, 0.4) is 0 Å². The highest BCUT2D eigenvalue weighted by atomic mass is 35.5. The maximum absolute atomic E-state index is 12.6. The van der Waals surface area contributed by atoms with Crippen LogP contribution in [0.2, 0.25) is 5.02 Å². The van der Waals surface area contributed by atoms with Crippen molar-refractivity contribution >= 4 is 34.5 Å². The van der Waals surface area contributed by atoms with Crippen molar-refractivity contribution in [2.24, 2.45) is 0 Å². The average Bonchev–Trinajstić information content (AvgIpc) is 3.09. The average molecular weight is 415 g/mol. The van der Waals surface area contributed by atoms with E-state index in [0.29, 0.717) is 22.2 Å². The molecule has 3 rings (SSSR count). The van der Waals surface area contributed by atoms with Crippen LogP contribution >= 0.6 is 22.9 Å². The predicted octanol–water partition coefficient (Wildman–Crippen LogP) is 5.95. The second-order valence-corrected chi connectivity index (χ2v) is 8.78. The number of thiazole rings is 1. The number of carbonyl (C=O) groups is 1. The van der Waals surface area contributed by atoms with E-state index in [0.717, 1.165) is 16.1 Å². The van der Waals surface area contributed by atoms with E-state index >= 15 is 0 Å². The lowest BCUT2D eigenvalue weighted by molar-refractivity contribution is -0.115. The number of hydrogen-bond donors (Lipinski definition) is 1. The minimum absolute atomic E-state index is 0.0233. The summed E-state index contributed by atoms with van der Waals surface area (Å²) in [5.41, 5.74) is 3.35. The van der Waals surface area contributed by atoms with Crippen LogP contribution in [0.4, 0.5) is 5.69 Å². The molecule has 1 N–H and O–H groups in total. The molecule has 1 amide bonds. The van der Waals surface area contributed by atoms with Crippen molar-refractivity contribution < 1.29 is 9.53 Å². The third-order valence-corrected chi connectivity index (χ3v) is 5.59. The summed E-state index contributed by atoms with van der Waals surface area (Å²) in [5, 5.41) is 6.30. The van der Waals surface area contributed by atoms with E-state index in [1.807, 2.05) is 47.8 Å². The first kappa shape index (κ1) is 20.4. The molecule has 4 nitrogen and oxygen atoms in total. The summed E-state index contributed by atoms with van der Waals surface area (Å²) < 4.78 is 5.40. The van der Waals surface area contributed by atoms with Gasteiger partial charge in [0.2, 0.25) is 5.91 Å². The van der Waals surface area contributed by atoms with E-state index in [1.54, 1.807) is 7.11 Å². The van der Waals surface area contributed by atoms with Gasteiger partial charge in [-0.05, 0) is 29.2 Å². The van der Waals surface area contributed by atoms with Crippen LogP contribution in [0.5, 0.6) is 5.75 Å². The van der Waals surface area contributed by atoms with Crippen LogP contribution in [0.25, 0.3) is 10.6 Å². The lowest BCUT2D eigenvalue weighted by Crippen LogP contribution is -2.17. The van der Waals surface area contributed by atoms with Crippen molar-refractivity contribution in [3.63, 3.8) is 0 Å². The molecule has 0 fully saturated rings. The highest BCUT2D eigenvalue weighted by Crippen LogP contribution is 2.32. The normalized spacial score (nSPS) is 11.3. The smallest absolute Gasteiger partial charge is 0.230 e. The minimum atomic E-state index is -0.139. The molecule has 2 aromatic carbocycles. The number of carbonyl (C=O) groups excluding carboxylic acids is 1. The second-order valence-electron chi connectivity index (χ2n) is 7.51. The Labute approximate surface area is 174 Å². The number of aromatic nitrogens is 1. The number of anilines is 1. The summed E-state index contributed by atoms with van der Waals surface area (Å²) >= 11 is 7.72. The number of hydrogen-bond acceptors (Lipinski definition) is 4. The van der Waals surface area contributed by atoms with Crippen molar-refractivity contribution in [1.29, 1.82) is 0 Å². The maximum atomic E-state index is 12.6. The minimum Gasteiger partial charge on any atom is -0.495 e. The van der Waals surface area contributed by atoms with Gasteiger partial charge in [0, 0.05) is 10.9 Å². The third kappa shape index (κ3) is 4.72. The molecule has 0 unspecified atom stereocenters. The van der Waals surface area contributed by atoms with E-state index in [-0.39, 0.29) is 17.7 Å². The maximum Gasteiger partial charge on any atom is 0.230 e. The summed E-state index contributed by atoms with van der Waals surface area (Å²) in [6, 6.07) is 13.4. The van der Waals surface area contributed by atoms with Crippen LogP contribution in [-0.2, 0) is 16.6 Å². The van der Waals surface area contributed by atoms with Crippen molar-refractivity contribution in [2.75, 3.05) is 12.4 Å². The van der Waals surface area contributed by atoms with Gasteiger partial charge in [-0.2, -0.15) is 0 Å². The molecule has 0 spiro atoms. The summed E-state index contributed by atoms with van der Waals surface area (Å²) in [7, 11) is 1.60.